The van der Waals surface area contributed by atoms with E-state index >= 15 is 0 Å². The Morgan fingerprint density at radius 3 is 0.786 bits per heavy atom. The van der Waals surface area contributed by atoms with Crippen molar-refractivity contribution in [2.24, 2.45) is 22.7 Å². The Hall–Kier alpha value is -9.58. The zero-order valence-electron chi connectivity index (χ0n) is 87.7. The maximum absolute atomic E-state index is 4.94. The molecule has 16 aromatic rings. The van der Waals surface area contributed by atoms with Crippen LogP contribution in [0.3, 0.4) is 0 Å². The maximum atomic E-state index is 4.94. The monoisotopic (exact) mass is 2630 g/mol. The van der Waals surface area contributed by atoms with Gasteiger partial charge in [-0.15, -0.1) is 287 Å². The van der Waals surface area contributed by atoms with Gasteiger partial charge >= 0.3 is 0 Å². The molecule has 8 heterocycles. The van der Waals surface area contributed by atoms with Gasteiger partial charge in [0.05, 0.1) is 32.3 Å². The molecule has 0 bridgehead atoms. The summed E-state index contributed by atoms with van der Waals surface area (Å²) in [4.78, 5) is 36.3. The first-order chi connectivity index (χ1) is 64.5. The van der Waals surface area contributed by atoms with E-state index in [1.165, 1.54) is 65.5 Å². The maximum Gasteiger partial charge on any atom is 0.0802 e. The zero-order valence-corrected chi connectivity index (χ0v) is 101. The van der Waals surface area contributed by atoms with Crippen LogP contribution in [-0.2, 0) is 93.3 Å². The Kier molecular flexibility index (Phi) is 49.8. The quantitative estimate of drug-likeness (QED) is 0.0618. The molecule has 0 fully saturated rings. The normalized spacial score (nSPS) is 11.5. The van der Waals surface area contributed by atoms with E-state index < -0.39 is 32.3 Å². The van der Waals surface area contributed by atoms with E-state index in [0.717, 1.165) is 103 Å². The van der Waals surface area contributed by atoms with Crippen LogP contribution in [0.25, 0.3) is 90.1 Å². The number of hydrogen-bond donors (Lipinski definition) is 0. The molecular weight excluding hydrogens is 2480 g/mol. The molecule has 8 aromatic heterocycles. The molecule has 16 rings (SSSR count). The van der Waals surface area contributed by atoms with E-state index in [2.05, 4.69) is 331 Å². The van der Waals surface area contributed by atoms with Gasteiger partial charge in [-0.2, -0.15) is 0 Å². The Labute approximate surface area is 901 Å². The van der Waals surface area contributed by atoms with Gasteiger partial charge in [0, 0.05) is 129 Å². The Morgan fingerprint density at radius 1 is 0.293 bits per heavy atom. The number of pyridine rings is 8. The first-order valence-corrected chi connectivity index (χ1v) is 61.9. The molecule has 0 amide bonds. The van der Waals surface area contributed by atoms with Crippen LogP contribution in [0.2, 0.25) is 78.6 Å². The van der Waals surface area contributed by atoms with Gasteiger partial charge < -0.3 is 39.9 Å². The average molecular weight is 2630 g/mol. The van der Waals surface area contributed by atoms with Gasteiger partial charge in [-0.25, -0.2) is 0 Å². The summed E-state index contributed by atoms with van der Waals surface area (Å²) in [6.45, 7) is 65.6. The van der Waals surface area contributed by atoms with Gasteiger partial charge in [0.2, 0.25) is 0 Å². The van der Waals surface area contributed by atoms with Crippen molar-refractivity contribution in [1.29, 1.82) is 0 Å². The third-order valence-corrected chi connectivity index (χ3v) is 32.0. The molecule has 740 valence electrons. The predicted octanol–water partition coefficient (Wildman–Crippen LogP) is 30.5. The molecule has 0 saturated carbocycles. The third-order valence-electron chi connectivity index (χ3n) is 23.6. The second-order valence-corrected chi connectivity index (χ2v) is 62.0. The predicted molar refractivity (Wildman–Crippen MR) is 592 cm³/mol. The molecule has 0 N–H and O–H groups in total. The van der Waals surface area contributed by atoms with Gasteiger partial charge in [0.1, 0.15) is 0 Å². The van der Waals surface area contributed by atoms with Crippen molar-refractivity contribution >= 4 is 53.0 Å². The van der Waals surface area contributed by atoms with E-state index in [1.807, 2.05) is 218 Å². The topological polar surface area (TPSA) is 103 Å². The Morgan fingerprint density at radius 2 is 0.550 bits per heavy atom. The fraction of sp³-hybridized carbons (Fsp3) is 0.290. The fourth-order valence-corrected chi connectivity index (χ4v) is 24.1. The minimum absolute atomic E-state index is 0. The van der Waals surface area contributed by atoms with Crippen LogP contribution in [-0.4, -0.2) is 72.2 Å². The molecule has 16 heteroatoms. The standard InChI is InChI=1S/C21H30NSi.2C20H28NSi.C19H26NSi.4C11H8N.4Ir/c1-15(21(3,4)5)18-14-19(17-12-10-9-11-13-17)22-16(2)20(18)23(6,7)8;1-15-17(13-20(2,3)4)18(22(5,6)7)14-21-19(15)16-11-9-8-10-12-16;1-14(2)15(3)18-13-19(17-11-9-8-10-12-17)21-16(4)20(18)22(5,6)7;1-14(2)12-17-15(3)19(16-10-8-7-9-11-16)20-13-18(17)21(4,5)6;4*1-2-6-10(7-3-1)11-8-4-5-9-12-11;;;;/h9-12,14-15H,1-8H3;8-11,14H,13H2,1-7H3;8-11,13-15H,1-7H3;7-10,13-14H,12H2,1-6H3;4*1-6,8-9H;;;;/q8*-1;;;;. The molecule has 2 unspecified atom stereocenters. The molecule has 8 aromatic carbocycles. The van der Waals surface area contributed by atoms with E-state index in [9.17, 15) is 0 Å². The van der Waals surface area contributed by atoms with E-state index in [4.69, 9.17) is 19.9 Å². The number of benzene rings is 8. The van der Waals surface area contributed by atoms with Crippen LogP contribution in [0.1, 0.15) is 140 Å². The fourth-order valence-electron chi connectivity index (χ4n) is 16.2. The molecule has 8 nitrogen and oxygen atoms in total. The van der Waals surface area contributed by atoms with Crippen molar-refractivity contribution in [2.45, 2.75) is 214 Å². The second-order valence-electron chi connectivity index (χ2n) is 41.9. The molecule has 0 aliphatic rings. The summed E-state index contributed by atoms with van der Waals surface area (Å²) >= 11 is 0. The van der Waals surface area contributed by atoms with Crippen molar-refractivity contribution in [2.75, 3.05) is 0 Å². The number of nitrogens with zero attached hydrogens (tertiary/aromatic N) is 8. The SMILES string of the molecule is Cc1c(-c2[c-]cccc2)ncc([Si](C)(C)C)c1CC(C)(C)C.Cc1c(-c2[c-]cccc2)ncc([Si](C)(C)C)c1CC(C)C.Cc1nc(-c2[c-]cccc2)cc(C(C)C(C)(C)C)c1[Si](C)(C)C.Cc1nc(-c2[c-]cccc2)cc(C(C)C(C)C)c1[Si](C)(C)C.[Ir].[Ir].[Ir].[Ir].[c-]1ccccc1-c1ccccn1.[c-]1ccccc1-c1ccccn1.[c-]1ccccc1-c1ccccn1.[c-]1ccccc1-c1ccccn1. The van der Waals surface area contributed by atoms with Crippen LogP contribution in [0.5, 0.6) is 0 Å². The van der Waals surface area contributed by atoms with Crippen LogP contribution in [0, 0.1) is 98.9 Å². The van der Waals surface area contributed by atoms with E-state index in [-0.39, 0.29) is 91.3 Å². The van der Waals surface area contributed by atoms with Crippen molar-refractivity contribution < 1.29 is 80.4 Å². The number of aromatic nitrogens is 8. The zero-order chi connectivity index (χ0) is 99.0. The summed E-state index contributed by atoms with van der Waals surface area (Å²) in [5, 5.41) is 6.07. The largest absolute Gasteiger partial charge is 0.305 e. The minimum Gasteiger partial charge on any atom is -0.305 e. The summed E-state index contributed by atoms with van der Waals surface area (Å²) < 4.78 is 0. The molecule has 4 radical (unpaired) electrons. The van der Waals surface area contributed by atoms with Gasteiger partial charge in [0.25, 0.3) is 0 Å². The number of rotatable bonds is 18. The van der Waals surface area contributed by atoms with Crippen molar-refractivity contribution in [3.63, 3.8) is 0 Å². The molecule has 0 aliphatic heterocycles. The van der Waals surface area contributed by atoms with Crippen LogP contribution < -0.4 is 20.7 Å². The van der Waals surface area contributed by atoms with Gasteiger partial charge in [-0.05, 0) is 166 Å². The summed E-state index contributed by atoms with van der Waals surface area (Å²) in [5.74, 6) is 2.33. The van der Waals surface area contributed by atoms with Crippen molar-refractivity contribution in [1.82, 2.24) is 39.9 Å². The summed E-state index contributed by atoms with van der Waals surface area (Å²) in [5.41, 5.74) is 28.3. The first kappa shape index (κ1) is 121. The van der Waals surface area contributed by atoms with Gasteiger partial charge in [0.15, 0.2) is 0 Å². The number of hydrogen-bond acceptors (Lipinski definition) is 8. The first-order valence-electron chi connectivity index (χ1n) is 47.9. The summed E-state index contributed by atoms with van der Waals surface area (Å²) in [7, 11) is -5.67. The van der Waals surface area contributed by atoms with Gasteiger partial charge in [-0.3, -0.25) is 0 Å². The van der Waals surface area contributed by atoms with E-state index in [0.29, 0.717) is 23.7 Å². The van der Waals surface area contributed by atoms with Crippen LogP contribution in [0.4, 0.5) is 0 Å². The minimum atomic E-state index is -1.46. The van der Waals surface area contributed by atoms with Crippen molar-refractivity contribution in [3.8, 4) is 90.1 Å². The van der Waals surface area contributed by atoms with Crippen molar-refractivity contribution in [3.05, 3.63) is 410 Å². The summed E-state index contributed by atoms with van der Waals surface area (Å²) in [6.07, 6.45) is 13.6. The molecule has 0 spiro atoms. The molecule has 0 aliphatic carbocycles. The van der Waals surface area contributed by atoms with Crippen LogP contribution in [0.15, 0.2) is 316 Å². The van der Waals surface area contributed by atoms with Gasteiger partial charge in [-0.1, -0.05) is 256 Å². The molecule has 0 saturated heterocycles. The molecule has 140 heavy (non-hydrogen) atoms. The third kappa shape index (κ3) is 37.6. The second kappa shape index (κ2) is 57.6. The molecular formula is C124H144Ir4N8Si4-8. The Balaban J connectivity index is 0.000000285. The van der Waals surface area contributed by atoms with E-state index in [1.54, 1.807) is 24.8 Å². The van der Waals surface area contributed by atoms with Crippen LogP contribution >= 0.6 is 0 Å². The smallest absolute Gasteiger partial charge is 0.0802 e. The summed E-state index contributed by atoms with van der Waals surface area (Å²) in [6, 6.07) is 118. The Bertz CT molecular complexity index is 5800. The molecule has 2 atom stereocenters. The average Bonchev–Trinajstić information content (AvgIpc) is 0.767. The number of aryl methyl sites for hydroxylation is 2.